The van der Waals surface area contributed by atoms with Crippen LogP contribution in [0.5, 0.6) is 0 Å². The van der Waals surface area contributed by atoms with Gasteiger partial charge in [0.2, 0.25) is 0 Å². The SMILES string of the molecule is CO[C@@H]1C[C@H](O[C@H]2CC[C@]3(C)[C@H]4CC[C@]5(C)[C@@H](C6=CC(=O)OC6)CC[C@]5(O)[C@@H]4CC[C@]3(O)C2)O[C@H](C)[C@H]1O[C@H]1O[C@@H](CO)[C@H](O)[C@@H](O)[C@@H]1O. The number of methoxy groups -OCH3 is 1. The molecular formula is C36H56O13. The molecule has 13 heteroatoms. The number of hydrogen-bond acceptors (Lipinski definition) is 13. The lowest BCUT2D eigenvalue weighted by Gasteiger charge is -2.66. The molecule has 0 bridgehead atoms. The fourth-order valence-electron chi connectivity index (χ4n) is 11.5. The maximum absolute atomic E-state index is 12.5. The molecule has 3 heterocycles. The van der Waals surface area contributed by atoms with Crippen LogP contribution in [0.3, 0.4) is 0 Å². The summed E-state index contributed by atoms with van der Waals surface area (Å²) in [6.45, 7) is 5.98. The third kappa shape index (κ3) is 5.65. The molecule has 4 saturated carbocycles. The first kappa shape index (κ1) is 36.1. The van der Waals surface area contributed by atoms with Crippen molar-refractivity contribution >= 4 is 5.97 Å². The predicted octanol–water partition coefficient (Wildman–Crippen LogP) is 1.08. The van der Waals surface area contributed by atoms with E-state index >= 15 is 0 Å². The van der Waals surface area contributed by atoms with E-state index in [1.54, 1.807) is 20.1 Å². The van der Waals surface area contributed by atoms with E-state index in [1.807, 2.05) is 0 Å². The lowest BCUT2D eigenvalue weighted by atomic mass is 9.42. The predicted molar refractivity (Wildman–Crippen MR) is 170 cm³/mol. The molecule has 278 valence electrons. The van der Waals surface area contributed by atoms with Crippen LogP contribution in [-0.4, -0.2) is 130 Å². The van der Waals surface area contributed by atoms with E-state index in [0.29, 0.717) is 32.3 Å². The molecule has 2 saturated heterocycles. The van der Waals surface area contributed by atoms with Gasteiger partial charge in [-0.2, -0.15) is 0 Å². The van der Waals surface area contributed by atoms with Crippen molar-refractivity contribution in [2.24, 2.45) is 28.6 Å². The number of rotatable bonds is 7. The Labute approximate surface area is 287 Å². The highest BCUT2D eigenvalue weighted by Crippen LogP contribution is 2.70. The Balaban J connectivity index is 0.994. The molecule has 0 unspecified atom stereocenters. The summed E-state index contributed by atoms with van der Waals surface area (Å²) in [5.41, 5.74) is -1.52. The van der Waals surface area contributed by atoms with Gasteiger partial charge < -0.3 is 59.1 Å². The average Bonchev–Trinajstić information content (AvgIpc) is 3.61. The highest BCUT2D eigenvalue weighted by molar-refractivity contribution is 5.85. The van der Waals surface area contributed by atoms with E-state index in [9.17, 15) is 35.4 Å². The van der Waals surface area contributed by atoms with Gasteiger partial charge in [-0.15, -0.1) is 0 Å². The van der Waals surface area contributed by atoms with E-state index in [1.165, 1.54) is 0 Å². The molecule has 49 heavy (non-hydrogen) atoms. The van der Waals surface area contributed by atoms with Crippen LogP contribution in [-0.2, 0) is 33.2 Å². The van der Waals surface area contributed by atoms with Crippen molar-refractivity contribution < 1.29 is 63.9 Å². The van der Waals surface area contributed by atoms with E-state index in [2.05, 4.69) is 13.8 Å². The van der Waals surface area contributed by atoms with E-state index in [-0.39, 0.29) is 40.7 Å². The lowest BCUT2D eigenvalue weighted by molar-refractivity contribution is -0.347. The summed E-state index contributed by atoms with van der Waals surface area (Å²) in [4.78, 5) is 11.9. The van der Waals surface area contributed by atoms with Crippen LogP contribution in [0.1, 0.15) is 85.0 Å². The minimum absolute atomic E-state index is 0.0724. The Morgan fingerprint density at radius 1 is 0.898 bits per heavy atom. The molecular weight excluding hydrogens is 640 g/mol. The molecule has 4 aliphatic carbocycles. The summed E-state index contributed by atoms with van der Waals surface area (Å²) in [5, 5.41) is 65.4. The number of carbonyl (C=O) groups is 1. The molecule has 17 atom stereocenters. The summed E-state index contributed by atoms with van der Waals surface area (Å²) in [7, 11) is 1.55. The maximum atomic E-state index is 12.5. The average molecular weight is 697 g/mol. The van der Waals surface area contributed by atoms with Gasteiger partial charge in [-0.1, -0.05) is 13.8 Å². The first-order valence-electron chi connectivity index (χ1n) is 18.3. The molecule has 0 spiro atoms. The molecule has 6 N–H and O–H groups in total. The summed E-state index contributed by atoms with van der Waals surface area (Å²) in [6.07, 6.45) is -1.10. The summed E-state index contributed by atoms with van der Waals surface area (Å²) >= 11 is 0. The van der Waals surface area contributed by atoms with Crippen LogP contribution in [0, 0.1) is 28.6 Å². The highest BCUT2D eigenvalue weighted by atomic mass is 16.7. The van der Waals surface area contributed by atoms with E-state index in [0.717, 1.165) is 44.1 Å². The van der Waals surface area contributed by atoms with Crippen molar-refractivity contribution in [1.29, 1.82) is 0 Å². The minimum Gasteiger partial charge on any atom is -0.458 e. The van der Waals surface area contributed by atoms with Gasteiger partial charge in [-0.3, -0.25) is 0 Å². The maximum Gasteiger partial charge on any atom is 0.331 e. The van der Waals surface area contributed by atoms with E-state index in [4.69, 9.17) is 28.4 Å². The van der Waals surface area contributed by atoms with Crippen LogP contribution in [0.2, 0.25) is 0 Å². The summed E-state index contributed by atoms with van der Waals surface area (Å²) in [6, 6.07) is 0. The standard InChI is InChI=1S/C36H56O13/c1-18-31(49-32-30(41)29(40)28(39)25(16-37)48-32)24(44-4)14-27(46-18)47-20-5-9-33(2)22-6-10-34(3)21(19-13-26(38)45-17-19)8-12-36(34,43)23(22)7-11-35(33,42)15-20/h13,18,20-25,27-32,37,39-43H,5-12,14-17H2,1-4H3/t18-,20+,21-,22+,23-,24-,25+,27+,28+,29-,30+,31-,32-,33-,34-,35+,36+/m1/s1. The Morgan fingerprint density at radius 2 is 1.63 bits per heavy atom. The van der Waals surface area contributed by atoms with E-state index < -0.39 is 73.1 Å². The summed E-state index contributed by atoms with van der Waals surface area (Å²) in [5.74, 6) is 0.0783. The lowest BCUT2D eigenvalue weighted by Crippen LogP contribution is -2.67. The number of ether oxygens (including phenoxy) is 6. The van der Waals surface area contributed by atoms with Crippen molar-refractivity contribution in [2.45, 2.75) is 158 Å². The van der Waals surface area contributed by atoms with Gasteiger partial charge in [0.05, 0.1) is 36.1 Å². The van der Waals surface area contributed by atoms with Crippen molar-refractivity contribution in [2.75, 3.05) is 20.3 Å². The van der Waals surface area contributed by atoms with Gasteiger partial charge in [0.15, 0.2) is 12.6 Å². The van der Waals surface area contributed by atoms with Crippen LogP contribution in [0.4, 0.5) is 0 Å². The largest absolute Gasteiger partial charge is 0.458 e. The molecule has 3 aliphatic heterocycles. The fraction of sp³-hybridized carbons (Fsp3) is 0.917. The zero-order valence-corrected chi connectivity index (χ0v) is 29.1. The first-order chi connectivity index (χ1) is 23.2. The molecule has 0 aromatic heterocycles. The molecule has 0 aromatic carbocycles. The van der Waals surface area contributed by atoms with Crippen molar-refractivity contribution in [3.8, 4) is 0 Å². The van der Waals surface area contributed by atoms with Gasteiger partial charge in [-0.05, 0) is 87.0 Å². The smallest absolute Gasteiger partial charge is 0.331 e. The quantitative estimate of drug-likeness (QED) is 0.164. The Kier molecular flexibility index (Phi) is 9.60. The van der Waals surface area contributed by atoms with Crippen molar-refractivity contribution in [1.82, 2.24) is 0 Å². The number of carbonyl (C=O) groups excluding carboxylic acids is 1. The van der Waals surface area contributed by atoms with Crippen LogP contribution in [0.15, 0.2) is 11.6 Å². The first-order valence-corrected chi connectivity index (χ1v) is 18.3. The zero-order valence-electron chi connectivity index (χ0n) is 29.1. The normalized spacial score (nSPS) is 54.4. The van der Waals surface area contributed by atoms with Gasteiger partial charge in [0, 0.05) is 31.4 Å². The van der Waals surface area contributed by atoms with Gasteiger partial charge in [0.25, 0.3) is 0 Å². The Morgan fingerprint density at radius 3 is 2.33 bits per heavy atom. The Hall–Kier alpha value is -1.23. The second kappa shape index (κ2) is 13.0. The van der Waals surface area contributed by atoms with Crippen LogP contribution < -0.4 is 0 Å². The monoisotopic (exact) mass is 696 g/mol. The van der Waals surface area contributed by atoms with Gasteiger partial charge in [0.1, 0.15) is 37.1 Å². The van der Waals surface area contributed by atoms with Crippen molar-refractivity contribution in [3.05, 3.63) is 11.6 Å². The van der Waals surface area contributed by atoms with Gasteiger partial charge >= 0.3 is 5.97 Å². The minimum atomic E-state index is -1.56. The number of hydrogen-bond donors (Lipinski definition) is 6. The number of aliphatic hydroxyl groups is 6. The van der Waals surface area contributed by atoms with Crippen molar-refractivity contribution in [3.63, 3.8) is 0 Å². The zero-order chi connectivity index (χ0) is 35.1. The molecule has 0 aromatic rings. The highest BCUT2D eigenvalue weighted by Gasteiger charge is 2.70. The summed E-state index contributed by atoms with van der Waals surface area (Å²) < 4.78 is 35.4. The molecule has 7 aliphatic rings. The number of fused-ring (bicyclic) bond motifs is 5. The van der Waals surface area contributed by atoms with Gasteiger partial charge in [-0.25, -0.2) is 4.79 Å². The molecule has 0 radical (unpaired) electrons. The molecule has 7 rings (SSSR count). The molecule has 0 amide bonds. The number of aliphatic hydroxyl groups excluding tert-OH is 4. The Bertz CT molecular complexity index is 1280. The second-order valence-electron chi connectivity index (χ2n) is 16.6. The third-order valence-electron chi connectivity index (χ3n) is 14.5. The molecule has 13 nitrogen and oxygen atoms in total. The molecule has 6 fully saturated rings. The fourth-order valence-corrected chi connectivity index (χ4v) is 11.5. The topological polar surface area (TPSA) is 194 Å². The third-order valence-corrected chi connectivity index (χ3v) is 14.5. The van der Waals surface area contributed by atoms with Crippen LogP contribution in [0.25, 0.3) is 0 Å². The number of cyclic esters (lactones) is 1. The second-order valence-corrected chi connectivity index (χ2v) is 16.6. The van der Waals surface area contributed by atoms with Crippen LogP contribution >= 0.6 is 0 Å². The number of esters is 1.